The van der Waals surface area contributed by atoms with Gasteiger partial charge in [0.05, 0.1) is 0 Å². The molecule has 28 heavy (non-hydrogen) atoms. The summed E-state index contributed by atoms with van der Waals surface area (Å²) in [6, 6.07) is 21.9. The molecular formula is C23H17ClN2OS. The van der Waals surface area contributed by atoms with Gasteiger partial charge in [0.15, 0.2) is 5.13 Å². The highest BCUT2D eigenvalue weighted by Crippen LogP contribution is 2.23. The van der Waals surface area contributed by atoms with Crippen molar-refractivity contribution in [2.24, 2.45) is 0 Å². The molecule has 1 heterocycles. The maximum Gasteiger partial charge on any atom is 0.250 e. The van der Waals surface area contributed by atoms with Crippen molar-refractivity contribution in [3.63, 3.8) is 0 Å². The highest BCUT2D eigenvalue weighted by molar-refractivity contribution is 7.15. The van der Waals surface area contributed by atoms with E-state index in [4.69, 9.17) is 11.6 Å². The topological polar surface area (TPSA) is 42.0 Å². The van der Waals surface area contributed by atoms with Crippen LogP contribution in [0.2, 0.25) is 5.02 Å². The Morgan fingerprint density at radius 1 is 1.07 bits per heavy atom. The smallest absolute Gasteiger partial charge is 0.250 e. The van der Waals surface area contributed by atoms with Crippen molar-refractivity contribution >= 4 is 50.8 Å². The summed E-state index contributed by atoms with van der Waals surface area (Å²) in [5.41, 5.74) is 2.12. The Bertz CT molecular complexity index is 1160. The lowest BCUT2D eigenvalue weighted by atomic mass is 10.0. The van der Waals surface area contributed by atoms with E-state index >= 15 is 0 Å². The van der Waals surface area contributed by atoms with Gasteiger partial charge in [-0.15, -0.1) is 11.3 Å². The minimum atomic E-state index is -0.198. The normalized spacial score (nSPS) is 11.2. The summed E-state index contributed by atoms with van der Waals surface area (Å²) in [5, 5.41) is 6.40. The molecule has 0 unspecified atom stereocenters. The molecule has 3 nitrogen and oxygen atoms in total. The molecule has 4 aromatic rings. The standard InChI is InChI=1S/C23H17ClN2OS/c24-19-9-3-5-16(13-19)14-20-15-25-23(28-20)26-22(27)12-11-18-8-4-7-17-6-1-2-10-21(17)18/h1-13,15H,14H2,(H,25,26,27). The third-order valence-electron chi connectivity index (χ3n) is 4.29. The van der Waals surface area contributed by atoms with Gasteiger partial charge in [-0.1, -0.05) is 66.2 Å². The molecule has 0 saturated heterocycles. The van der Waals surface area contributed by atoms with Gasteiger partial charge < -0.3 is 0 Å². The lowest BCUT2D eigenvalue weighted by molar-refractivity contribution is -0.111. The monoisotopic (exact) mass is 404 g/mol. The van der Waals surface area contributed by atoms with Gasteiger partial charge in [0, 0.05) is 28.6 Å². The number of aromatic nitrogens is 1. The lowest BCUT2D eigenvalue weighted by Crippen LogP contribution is -2.07. The summed E-state index contributed by atoms with van der Waals surface area (Å²) in [4.78, 5) is 17.7. The van der Waals surface area contributed by atoms with Crippen LogP contribution in [-0.2, 0) is 11.2 Å². The highest BCUT2D eigenvalue weighted by atomic mass is 35.5. The van der Waals surface area contributed by atoms with E-state index in [0.717, 1.165) is 33.2 Å². The molecule has 1 N–H and O–H groups in total. The van der Waals surface area contributed by atoms with Crippen LogP contribution in [0.5, 0.6) is 0 Å². The second-order valence-electron chi connectivity index (χ2n) is 6.33. The molecule has 1 amide bonds. The SMILES string of the molecule is O=C(C=Cc1cccc2ccccc12)Nc1ncc(Cc2cccc(Cl)c2)s1. The Balaban J connectivity index is 1.42. The van der Waals surface area contributed by atoms with Crippen molar-refractivity contribution in [2.75, 3.05) is 5.32 Å². The van der Waals surface area contributed by atoms with E-state index in [9.17, 15) is 4.79 Å². The molecule has 0 spiro atoms. The summed E-state index contributed by atoms with van der Waals surface area (Å²) in [6.07, 6.45) is 5.90. The number of halogens is 1. The molecule has 0 aliphatic heterocycles. The largest absolute Gasteiger partial charge is 0.298 e. The number of fused-ring (bicyclic) bond motifs is 1. The van der Waals surface area contributed by atoms with Crippen LogP contribution < -0.4 is 5.32 Å². The predicted octanol–water partition coefficient (Wildman–Crippen LogP) is 6.19. The molecule has 0 bridgehead atoms. The van der Waals surface area contributed by atoms with Crippen LogP contribution in [0.4, 0.5) is 5.13 Å². The number of nitrogens with one attached hydrogen (secondary N) is 1. The van der Waals surface area contributed by atoms with Crippen molar-refractivity contribution < 1.29 is 4.79 Å². The van der Waals surface area contributed by atoms with Crippen LogP contribution in [0, 0.1) is 0 Å². The minimum Gasteiger partial charge on any atom is -0.298 e. The minimum absolute atomic E-state index is 0.198. The van der Waals surface area contributed by atoms with Crippen molar-refractivity contribution in [1.29, 1.82) is 0 Å². The number of carbonyl (C=O) groups excluding carboxylic acids is 1. The van der Waals surface area contributed by atoms with Crippen molar-refractivity contribution in [2.45, 2.75) is 6.42 Å². The summed E-state index contributed by atoms with van der Waals surface area (Å²) in [6.45, 7) is 0. The van der Waals surface area contributed by atoms with Gasteiger partial charge in [-0.25, -0.2) is 4.98 Å². The van der Waals surface area contributed by atoms with Crippen LogP contribution in [0.3, 0.4) is 0 Å². The Labute approximate surface area is 172 Å². The average Bonchev–Trinajstić information content (AvgIpc) is 3.13. The van der Waals surface area contributed by atoms with Gasteiger partial charge in [0.1, 0.15) is 0 Å². The Morgan fingerprint density at radius 3 is 2.79 bits per heavy atom. The van der Waals surface area contributed by atoms with E-state index in [-0.39, 0.29) is 5.91 Å². The predicted molar refractivity (Wildman–Crippen MR) is 118 cm³/mol. The van der Waals surface area contributed by atoms with E-state index in [0.29, 0.717) is 10.2 Å². The molecule has 0 aliphatic rings. The first kappa shape index (κ1) is 18.4. The third-order valence-corrected chi connectivity index (χ3v) is 5.44. The molecule has 0 fully saturated rings. The Hall–Kier alpha value is -2.95. The van der Waals surface area contributed by atoms with Crippen molar-refractivity contribution in [3.8, 4) is 0 Å². The van der Waals surface area contributed by atoms with Crippen LogP contribution in [0.15, 0.2) is 79.0 Å². The second kappa shape index (κ2) is 8.38. The molecule has 0 aliphatic carbocycles. The molecule has 3 aromatic carbocycles. The van der Waals surface area contributed by atoms with Crippen LogP contribution in [0.1, 0.15) is 16.0 Å². The lowest BCUT2D eigenvalue weighted by Gasteiger charge is -2.01. The summed E-state index contributed by atoms with van der Waals surface area (Å²) < 4.78 is 0. The molecule has 0 radical (unpaired) electrons. The molecule has 4 rings (SSSR count). The van der Waals surface area contributed by atoms with Crippen molar-refractivity contribution in [3.05, 3.63) is 100 Å². The number of hydrogen-bond acceptors (Lipinski definition) is 3. The van der Waals surface area contributed by atoms with Gasteiger partial charge in [-0.2, -0.15) is 0 Å². The number of carbonyl (C=O) groups is 1. The fourth-order valence-electron chi connectivity index (χ4n) is 3.00. The van der Waals surface area contributed by atoms with E-state index in [1.54, 1.807) is 12.3 Å². The number of rotatable bonds is 5. The molecule has 0 saturated carbocycles. The quantitative estimate of drug-likeness (QED) is 0.403. The highest BCUT2D eigenvalue weighted by Gasteiger charge is 2.06. The number of nitrogens with zero attached hydrogens (tertiary/aromatic N) is 1. The van der Waals surface area contributed by atoms with E-state index < -0.39 is 0 Å². The average molecular weight is 405 g/mol. The zero-order valence-corrected chi connectivity index (χ0v) is 16.5. The number of amides is 1. The first-order chi connectivity index (χ1) is 13.7. The number of hydrogen-bond donors (Lipinski definition) is 1. The Morgan fingerprint density at radius 2 is 1.89 bits per heavy atom. The van der Waals surface area contributed by atoms with E-state index in [1.807, 2.05) is 54.6 Å². The summed E-state index contributed by atoms with van der Waals surface area (Å²) >= 11 is 7.50. The van der Waals surface area contributed by atoms with Crippen LogP contribution in [0.25, 0.3) is 16.8 Å². The van der Waals surface area contributed by atoms with Gasteiger partial charge in [-0.3, -0.25) is 10.1 Å². The number of anilines is 1. The first-order valence-corrected chi connectivity index (χ1v) is 10.0. The van der Waals surface area contributed by atoms with Crippen LogP contribution >= 0.6 is 22.9 Å². The molecule has 138 valence electrons. The number of thiazole rings is 1. The van der Waals surface area contributed by atoms with Gasteiger partial charge >= 0.3 is 0 Å². The van der Waals surface area contributed by atoms with Gasteiger partial charge in [-0.05, 0) is 40.1 Å². The van der Waals surface area contributed by atoms with Crippen LogP contribution in [-0.4, -0.2) is 10.9 Å². The van der Waals surface area contributed by atoms with Gasteiger partial charge in [0.25, 0.3) is 0 Å². The van der Waals surface area contributed by atoms with E-state index in [1.165, 1.54) is 11.3 Å². The first-order valence-electron chi connectivity index (χ1n) is 8.83. The molecular weight excluding hydrogens is 388 g/mol. The second-order valence-corrected chi connectivity index (χ2v) is 7.88. The third kappa shape index (κ3) is 4.47. The summed E-state index contributed by atoms with van der Waals surface area (Å²) in [5.74, 6) is -0.198. The molecule has 5 heteroatoms. The summed E-state index contributed by atoms with van der Waals surface area (Å²) in [7, 11) is 0. The maximum absolute atomic E-state index is 12.3. The number of benzene rings is 3. The molecule has 0 atom stereocenters. The van der Waals surface area contributed by atoms with E-state index in [2.05, 4.69) is 28.5 Å². The zero-order valence-electron chi connectivity index (χ0n) is 14.9. The zero-order chi connectivity index (χ0) is 19.3. The maximum atomic E-state index is 12.3. The Kier molecular flexibility index (Phi) is 5.51. The fourth-order valence-corrected chi connectivity index (χ4v) is 4.07. The fraction of sp³-hybridized carbons (Fsp3) is 0.0435. The molecule has 1 aromatic heterocycles. The van der Waals surface area contributed by atoms with Crippen molar-refractivity contribution in [1.82, 2.24) is 4.98 Å². The van der Waals surface area contributed by atoms with Gasteiger partial charge in [0.2, 0.25) is 5.91 Å².